The molecule has 0 unspecified atom stereocenters. The SMILES string of the molecule is CCCCCCCCCCCCCCC(F)(F)C(=O)O.CI.CI. The van der Waals surface area contributed by atoms with Gasteiger partial charge in [-0.25, -0.2) is 4.79 Å². The van der Waals surface area contributed by atoms with Crippen molar-refractivity contribution in [1.82, 2.24) is 0 Å². The van der Waals surface area contributed by atoms with Crippen molar-refractivity contribution in [2.45, 2.75) is 96.3 Å². The molecule has 148 valence electrons. The van der Waals surface area contributed by atoms with E-state index in [4.69, 9.17) is 5.11 Å². The normalized spacial score (nSPS) is 10.3. The molecule has 0 aliphatic rings. The quantitative estimate of drug-likeness (QED) is 0.130. The number of carbonyl (C=O) groups is 1. The van der Waals surface area contributed by atoms with E-state index >= 15 is 0 Å². The monoisotopic (exact) mass is 576 g/mol. The van der Waals surface area contributed by atoms with Gasteiger partial charge in [0.05, 0.1) is 0 Å². The molecule has 0 rings (SSSR count). The Labute approximate surface area is 175 Å². The van der Waals surface area contributed by atoms with Crippen LogP contribution in [-0.4, -0.2) is 26.9 Å². The van der Waals surface area contributed by atoms with Crippen LogP contribution >= 0.6 is 45.2 Å². The molecule has 0 atom stereocenters. The molecule has 0 aliphatic carbocycles. The first kappa shape index (κ1) is 29.5. The van der Waals surface area contributed by atoms with E-state index in [1.54, 1.807) is 0 Å². The van der Waals surface area contributed by atoms with Crippen molar-refractivity contribution < 1.29 is 18.7 Å². The molecule has 0 amide bonds. The summed E-state index contributed by atoms with van der Waals surface area (Å²) in [5, 5.41) is 8.27. The third-order valence-corrected chi connectivity index (χ3v) is 3.66. The Balaban J connectivity index is -0.00000102. The van der Waals surface area contributed by atoms with Crippen LogP contribution in [0.4, 0.5) is 8.78 Å². The first-order valence-corrected chi connectivity index (χ1v) is 13.2. The summed E-state index contributed by atoms with van der Waals surface area (Å²) in [7, 11) is 0. The highest BCUT2D eigenvalue weighted by Crippen LogP contribution is 2.22. The lowest BCUT2D eigenvalue weighted by molar-refractivity contribution is -0.165. The maximum Gasteiger partial charge on any atom is 0.374 e. The molecule has 0 aromatic rings. The van der Waals surface area contributed by atoms with E-state index in [9.17, 15) is 13.6 Å². The van der Waals surface area contributed by atoms with Crippen LogP contribution < -0.4 is 0 Å². The van der Waals surface area contributed by atoms with E-state index in [0.717, 1.165) is 12.8 Å². The van der Waals surface area contributed by atoms with E-state index in [1.807, 2.05) is 9.86 Å². The van der Waals surface area contributed by atoms with Gasteiger partial charge < -0.3 is 5.11 Å². The molecule has 24 heavy (non-hydrogen) atoms. The van der Waals surface area contributed by atoms with E-state index in [0.29, 0.717) is 12.8 Å². The molecule has 0 radical (unpaired) electrons. The fourth-order valence-electron chi connectivity index (χ4n) is 2.29. The van der Waals surface area contributed by atoms with Gasteiger partial charge in [-0.3, -0.25) is 0 Å². The van der Waals surface area contributed by atoms with Gasteiger partial charge >= 0.3 is 11.9 Å². The molecule has 0 aromatic carbocycles. The van der Waals surface area contributed by atoms with Crippen LogP contribution in [0.1, 0.15) is 90.4 Å². The summed E-state index contributed by atoms with van der Waals surface area (Å²) in [5.74, 6) is -5.54. The zero-order valence-electron chi connectivity index (χ0n) is 15.6. The van der Waals surface area contributed by atoms with Gasteiger partial charge in [0, 0.05) is 6.42 Å². The lowest BCUT2D eigenvalue weighted by Crippen LogP contribution is -2.27. The maximum atomic E-state index is 12.8. The smallest absolute Gasteiger partial charge is 0.374 e. The molecule has 0 spiro atoms. The van der Waals surface area contributed by atoms with Crippen molar-refractivity contribution in [2.24, 2.45) is 0 Å². The highest BCUT2D eigenvalue weighted by atomic mass is 127. The molecule has 2 nitrogen and oxygen atoms in total. The Morgan fingerprint density at radius 2 is 1.04 bits per heavy atom. The van der Waals surface area contributed by atoms with E-state index < -0.39 is 18.3 Å². The van der Waals surface area contributed by atoms with Gasteiger partial charge in [0.15, 0.2) is 0 Å². The van der Waals surface area contributed by atoms with Crippen LogP contribution in [0.15, 0.2) is 0 Å². The van der Waals surface area contributed by atoms with Crippen molar-refractivity contribution in [3.05, 3.63) is 0 Å². The van der Waals surface area contributed by atoms with Crippen molar-refractivity contribution in [1.29, 1.82) is 0 Å². The second-order valence-corrected chi connectivity index (χ2v) is 5.65. The van der Waals surface area contributed by atoms with Gasteiger partial charge in [0.2, 0.25) is 0 Å². The Morgan fingerprint density at radius 1 is 0.750 bits per heavy atom. The van der Waals surface area contributed by atoms with Gasteiger partial charge in [0.25, 0.3) is 0 Å². The van der Waals surface area contributed by atoms with Gasteiger partial charge in [-0.1, -0.05) is 123 Å². The topological polar surface area (TPSA) is 37.3 Å². The largest absolute Gasteiger partial charge is 0.477 e. The molecule has 0 bridgehead atoms. The average Bonchev–Trinajstić information content (AvgIpc) is 2.59. The van der Waals surface area contributed by atoms with Crippen LogP contribution in [0.2, 0.25) is 0 Å². The Bertz CT molecular complexity index is 253. The van der Waals surface area contributed by atoms with E-state index in [2.05, 4.69) is 52.1 Å². The van der Waals surface area contributed by atoms with Gasteiger partial charge in [0.1, 0.15) is 0 Å². The molecule has 0 saturated heterocycles. The van der Waals surface area contributed by atoms with Crippen LogP contribution in [0.3, 0.4) is 0 Å². The average molecular weight is 576 g/mol. The first-order chi connectivity index (χ1) is 11.5. The van der Waals surface area contributed by atoms with Crippen molar-refractivity contribution in [3.8, 4) is 0 Å². The molecule has 0 aliphatic heterocycles. The first-order valence-electron chi connectivity index (χ1n) is 8.87. The third-order valence-electron chi connectivity index (χ3n) is 3.66. The Kier molecular flexibility index (Phi) is 29.3. The number of alkyl halides is 4. The highest BCUT2D eigenvalue weighted by Gasteiger charge is 2.37. The molecule has 1 N–H and O–H groups in total. The second kappa shape index (κ2) is 23.8. The zero-order chi connectivity index (χ0) is 19.3. The van der Waals surface area contributed by atoms with E-state index in [-0.39, 0.29) is 0 Å². The number of rotatable bonds is 14. The standard InChI is InChI=1S/C16H30F2O2.2CH3I/c1-2-3-4-5-6-7-8-9-10-11-12-13-14-16(17,18)15(19)20;2*1-2/h2-14H2,1H3,(H,19,20);2*1H3. The van der Waals surface area contributed by atoms with Gasteiger partial charge in [-0.2, -0.15) is 8.78 Å². The number of hydrogen-bond acceptors (Lipinski definition) is 1. The number of halogens is 4. The van der Waals surface area contributed by atoms with Gasteiger partial charge in [-0.05, 0) is 16.3 Å². The second-order valence-electron chi connectivity index (χ2n) is 5.65. The number of aliphatic carboxylic acids is 1. The van der Waals surface area contributed by atoms with Crippen LogP contribution in [0.5, 0.6) is 0 Å². The summed E-state index contributed by atoms with van der Waals surface area (Å²) in [6, 6.07) is 0. The molecule has 0 fully saturated rings. The summed E-state index contributed by atoms with van der Waals surface area (Å²) in [4.78, 5) is 14.1. The maximum absolute atomic E-state index is 12.8. The van der Waals surface area contributed by atoms with Crippen LogP contribution in [-0.2, 0) is 4.79 Å². The van der Waals surface area contributed by atoms with Crippen molar-refractivity contribution in [2.75, 3.05) is 9.86 Å². The molecule has 0 aromatic heterocycles. The summed E-state index contributed by atoms with van der Waals surface area (Å²) in [6.45, 7) is 2.21. The minimum absolute atomic E-state index is 0.302. The summed E-state index contributed by atoms with van der Waals surface area (Å²) in [5.41, 5.74) is 0. The Morgan fingerprint density at radius 3 is 1.33 bits per heavy atom. The lowest BCUT2D eigenvalue weighted by atomic mass is 10.0. The number of carboxylic acid groups (broad SMARTS) is 1. The summed E-state index contributed by atoms with van der Waals surface area (Å²) in [6.07, 6.45) is 12.8. The fourth-order valence-corrected chi connectivity index (χ4v) is 2.29. The number of unbranched alkanes of at least 4 members (excludes halogenated alkanes) is 11. The predicted molar refractivity (Wildman–Crippen MR) is 118 cm³/mol. The Hall–Kier alpha value is 0.790. The molecule has 6 heteroatoms. The predicted octanol–water partition coefficient (Wildman–Crippen LogP) is 7.90. The van der Waals surface area contributed by atoms with E-state index in [1.165, 1.54) is 51.4 Å². The summed E-state index contributed by atoms with van der Waals surface area (Å²) < 4.78 is 25.5. The minimum atomic E-state index is -3.54. The molecular weight excluding hydrogens is 540 g/mol. The van der Waals surface area contributed by atoms with Crippen LogP contribution in [0.25, 0.3) is 0 Å². The molecule has 0 saturated carbocycles. The lowest BCUT2D eigenvalue weighted by Gasteiger charge is -2.10. The van der Waals surface area contributed by atoms with Gasteiger partial charge in [-0.15, -0.1) is 0 Å². The van der Waals surface area contributed by atoms with Crippen molar-refractivity contribution >= 4 is 51.2 Å². The highest BCUT2D eigenvalue weighted by molar-refractivity contribution is 14.1. The van der Waals surface area contributed by atoms with Crippen LogP contribution in [0, 0.1) is 0 Å². The minimum Gasteiger partial charge on any atom is -0.477 e. The van der Waals surface area contributed by atoms with Crippen molar-refractivity contribution in [3.63, 3.8) is 0 Å². The molecular formula is C18H36F2I2O2. The zero-order valence-corrected chi connectivity index (χ0v) is 19.9. The summed E-state index contributed by atoms with van der Waals surface area (Å²) >= 11 is 4.30. The number of carboxylic acids is 1. The fraction of sp³-hybridized carbons (Fsp3) is 0.944. The number of hydrogen-bond donors (Lipinski definition) is 1. The molecule has 0 heterocycles. The third kappa shape index (κ3) is 22.8.